The summed E-state index contributed by atoms with van der Waals surface area (Å²) in [5, 5.41) is 3.64. The van der Waals surface area contributed by atoms with Gasteiger partial charge in [-0.3, -0.25) is 4.79 Å². The molecule has 0 spiro atoms. The molecular weight excluding hydrogens is 398 g/mol. The van der Waals surface area contributed by atoms with Crippen molar-refractivity contribution < 1.29 is 23.5 Å². The van der Waals surface area contributed by atoms with Crippen molar-refractivity contribution in [3.05, 3.63) is 39.7 Å². The van der Waals surface area contributed by atoms with E-state index in [-0.39, 0.29) is 17.5 Å². The summed E-state index contributed by atoms with van der Waals surface area (Å²) in [7, 11) is 0. The van der Waals surface area contributed by atoms with E-state index in [1.807, 2.05) is 33.8 Å². The standard InChI is InChI=1S/C24H31NO6/c1-14-15(2)21(26)30-20-12-18(10-11-19(14)20)29-22(27)17-8-6-16(7-9-17)13-25-23(28)31-24(3,4)5/h10-12,16-17H,6-9,13H2,1-5H3,(H,25,28). The van der Waals surface area contributed by atoms with Crippen LogP contribution in [0.4, 0.5) is 4.79 Å². The molecule has 1 aromatic carbocycles. The van der Waals surface area contributed by atoms with Gasteiger partial charge in [0.15, 0.2) is 0 Å². The molecule has 7 heteroatoms. The molecule has 0 bridgehead atoms. The Hall–Kier alpha value is -2.83. The van der Waals surface area contributed by atoms with E-state index in [0.717, 1.165) is 23.8 Å². The SMILES string of the molecule is Cc1c(C)c2ccc(OC(=O)C3CCC(CNC(=O)OC(C)(C)C)CC3)cc2oc1=O. The summed E-state index contributed by atoms with van der Waals surface area (Å²) in [6, 6.07) is 5.13. The molecular formula is C24H31NO6. The van der Waals surface area contributed by atoms with E-state index >= 15 is 0 Å². The maximum Gasteiger partial charge on any atom is 0.407 e. The van der Waals surface area contributed by atoms with Crippen LogP contribution in [0.2, 0.25) is 0 Å². The molecule has 0 aliphatic heterocycles. The fourth-order valence-corrected chi connectivity index (χ4v) is 3.84. The molecule has 3 rings (SSSR count). The van der Waals surface area contributed by atoms with Crippen LogP contribution in [0.3, 0.4) is 0 Å². The second-order valence-corrected chi connectivity index (χ2v) is 9.32. The molecule has 0 atom stereocenters. The second kappa shape index (κ2) is 9.12. The highest BCUT2D eigenvalue weighted by molar-refractivity contribution is 5.83. The minimum absolute atomic E-state index is 0.180. The first kappa shape index (κ1) is 22.8. The number of benzene rings is 1. The van der Waals surface area contributed by atoms with E-state index in [2.05, 4.69) is 5.32 Å². The van der Waals surface area contributed by atoms with E-state index in [4.69, 9.17) is 13.9 Å². The maximum absolute atomic E-state index is 12.6. The van der Waals surface area contributed by atoms with E-state index < -0.39 is 11.7 Å². The molecule has 0 radical (unpaired) electrons. The van der Waals surface area contributed by atoms with Crippen molar-refractivity contribution in [2.75, 3.05) is 6.54 Å². The van der Waals surface area contributed by atoms with Gasteiger partial charge in [0.2, 0.25) is 0 Å². The fourth-order valence-electron chi connectivity index (χ4n) is 3.84. The fraction of sp³-hybridized carbons (Fsp3) is 0.542. The number of amides is 1. The number of alkyl carbamates (subject to hydrolysis) is 1. The predicted molar refractivity (Wildman–Crippen MR) is 117 cm³/mol. The van der Waals surface area contributed by atoms with Crippen molar-refractivity contribution in [1.29, 1.82) is 0 Å². The highest BCUT2D eigenvalue weighted by Crippen LogP contribution is 2.31. The van der Waals surface area contributed by atoms with Crippen molar-refractivity contribution in [2.45, 2.75) is 65.9 Å². The Morgan fingerprint density at radius 3 is 2.42 bits per heavy atom. The van der Waals surface area contributed by atoms with Gasteiger partial charge in [-0.15, -0.1) is 0 Å². The molecule has 2 aromatic rings. The zero-order valence-electron chi connectivity index (χ0n) is 18.9. The van der Waals surface area contributed by atoms with Crippen LogP contribution in [0.25, 0.3) is 11.0 Å². The topological polar surface area (TPSA) is 94.8 Å². The summed E-state index contributed by atoms with van der Waals surface area (Å²) in [5.74, 6) is 0.236. The largest absolute Gasteiger partial charge is 0.444 e. The van der Waals surface area contributed by atoms with Crippen molar-refractivity contribution >= 4 is 23.0 Å². The van der Waals surface area contributed by atoms with Gasteiger partial charge >= 0.3 is 17.7 Å². The molecule has 1 amide bonds. The number of ether oxygens (including phenoxy) is 2. The maximum atomic E-state index is 12.6. The summed E-state index contributed by atoms with van der Waals surface area (Å²) in [4.78, 5) is 36.3. The number of carbonyl (C=O) groups excluding carboxylic acids is 2. The smallest absolute Gasteiger partial charge is 0.407 e. The number of aryl methyl sites for hydroxylation is 1. The number of fused-ring (bicyclic) bond motifs is 1. The quantitative estimate of drug-likeness (QED) is 0.432. The van der Waals surface area contributed by atoms with Gasteiger partial charge in [0.05, 0.1) is 5.92 Å². The molecule has 1 fully saturated rings. The van der Waals surface area contributed by atoms with Crippen LogP contribution in [0.1, 0.15) is 57.6 Å². The molecule has 1 aliphatic rings. The van der Waals surface area contributed by atoms with Gasteiger partial charge in [0, 0.05) is 23.6 Å². The van der Waals surface area contributed by atoms with Gasteiger partial charge in [-0.2, -0.15) is 0 Å². The van der Waals surface area contributed by atoms with Crippen molar-refractivity contribution in [3.8, 4) is 5.75 Å². The Labute approximate surface area is 182 Å². The lowest BCUT2D eigenvalue weighted by atomic mass is 9.82. The minimum atomic E-state index is -0.520. The molecule has 168 valence electrons. The monoisotopic (exact) mass is 429 g/mol. The van der Waals surface area contributed by atoms with Crippen LogP contribution in [0.15, 0.2) is 27.4 Å². The number of hydrogen-bond acceptors (Lipinski definition) is 6. The summed E-state index contributed by atoms with van der Waals surface area (Å²) in [5.41, 5.74) is 0.952. The molecule has 31 heavy (non-hydrogen) atoms. The average molecular weight is 430 g/mol. The number of esters is 1. The van der Waals surface area contributed by atoms with Gasteiger partial charge < -0.3 is 19.2 Å². The molecule has 1 aromatic heterocycles. The Morgan fingerprint density at radius 2 is 1.77 bits per heavy atom. The first-order valence-electron chi connectivity index (χ1n) is 10.8. The number of rotatable bonds is 4. The third kappa shape index (κ3) is 5.87. The molecule has 0 saturated heterocycles. The molecule has 0 unspecified atom stereocenters. The number of carbonyl (C=O) groups is 2. The van der Waals surface area contributed by atoms with Crippen molar-refractivity contribution in [3.63, 3.8) is 0 Å². The van der Waals surface area contributed by atoms with Crippen LogP contribution >= 0.6 is 0 Å². The third-order valence-corrected chi connectivity index (χ3v) is 5.76. The Kier molecular flexibility index (Phi) is 6.72. The Bertz CT molecular complexity index is 1020. The number of nitrogens with one attached hydrogen (secondary N) is 1. The minimum Gasteiger partial charge on any atom is -0.444 e. The first-order chi connectivity index (χ1) is 14.5. The first-order valence-corrected chi connectivity index (χ1v) is 10.8. The van der Waals surface area contributed by atoms with Crippen molar-refractivity contribution in [1.82, 2.24) is 5.32 Å². The molecule has 1 saturated carbocycles. The van der Waals surface area contributed by atoms with E-state index in [9.17, 15) is 14.4 Å². The average Bonchev–Trinajstić information content (AvgIpc) is 2.69. The zero-order valence-corrected chi connectivity index (χ0v) is 18.9. The summed E-state index contributed by atoms with van der Waals surface area (Å²) >= 11 is 0. The van der Waals surface area contributed by atoms with Gasteiger partial charge in [0.25, 0.3) is 0 Å². The molecule has 1 aliphatic carbocycles. The van der Waals surface area contributed by atoms with Crippen molar-refractivity contribution in [2.24, 2.45) is 11.8 Å². The summed E-state index contributed by atoms with van der Waals surface area (Å²) in [6.45, 7) is 9.63. The predicted octanol–water partition coefficient (Wildman–Crippen LogP) is 4.65. The lowest BCUT2D eigenvalue weighted by Crippen LogP contribution is -2.36. The van der Waals surface area contributed by atoms with Gasteiger partial charge in [-0.05, 0) is 83.9 Å². The van der Waals surface area contributed by atoms with E-state index in [1.54, 1.807) is 19.1 Å². The Balaban J connectivity index is 1.53. The molecule has 1 heterocycles. The zero-order chi connectivity index (χ0) is 22.8. The number of hydrogen-bond donors (Lipinski definition) is 1. The summed E-state index contributed by atoms with van der Waals surface area (Å²) < 4.78 is 16.2. The van der Waals surface area contributed by atoms with Crippen LogP contribution in [-0.2, 0) is 9.53 Å². The van der Waals surface area contributed by atoms with Crippen LogP contribution in [0.5, 0.6) is 5.75 Å². The van der Waals surface area contributed by atoms with E-state index in [1.165, 1.54) is 0 Å². The highest BCUT2D eigenvalue weighted by atomic mass is 16.6. The van der Waals surface area contributed by atoms with E-state index in [0.29, 0.717) is 42.2 Å². The van der Waals surface area contributed by atoms with Gasteiger partial charge in [-0.1, -0.05) is 0 Å². The van der Waals surface area contributed by atoms with Crippen LogP contribution < -0.4 is 15.7 Å². The molecule has 1 N–H and O–H groups in total. The molecule has 7 nitrogen and oxygen atoms in total. The second-order valence-electron chi connectivity index (χ2n) is 9.32. The Morgan fingerprint density at radius 1 is 1.10 bits per heavy atom. The summed E-state index contributed by atoms with van der Waals surface area (Å²) in [6.07, 6.45) is 2.67. The van der Waals surface area contributed by atoms with Crippen LogP contribution in [0, 0.1) is 25.7 Å². The van der Waals surface area contributed by atoms with Gasteiger partial charge in [0.1, 0.15) is 16.9 Å². The third-order valence-electron chi connectivity index (χ3n) is 5.76. The lowest BCUT2D eigenvalue weighted by Gasteiger charge is -2.28. The lowest BCUT2D eigenvalue weighted by molar-refractivity contribution is -0.140. The van der Waals surface area contributed by atoms with Gasteiger partial charge in [-0.25, -0.2) is 9.59 Å². The normalized spacial score (nSPS) is 19.1. The van der Waals surface area contributed by atoms with Crippen LogP contribution in [-0.4, -0.2) is 24.2 Å². The highest BCUT2D eigenvalue weighted by Gasteiger charge is 2.28.